The Morgan fingerprint density at radius 1 is 1.09 bits per heavy atom. The lowest BCUT2D eigenvalue weighted by molar-refractivity contribution is -0.139. The zero-order chi connectivity index (χ0) is 24.1. The van der Waals surface area contributed by atoms with Gasteiger partial charge in [-0.3, -0.25) is 9.59 Å². The molecule has 0 bridgehead atoms. The molecule has 1 atom stereocenters. The van der Waals surface area contributed by atoms with Crippen molar-refractivity contribution < 1.29 is 23.9 Å². The van der Waals surface area contributed by atoms with E-state index in [9.17, 15) is 14.4 Å². The van der Waals surface area contributed by atoms with Gasteiger partial charge in [-0.2, -0.15) is 0 Å². The van der Waals surface area contributed by atoms with Gasteiger partial charge in [0.1, 0.15) is 17.9 Å². The van der Waals surface area contributed by atoms with Crippen molar-refractivity contribution in [3.8, 4) is 11.4 Å². The van der Waals surface area contributed by atoms with E-state index in [0.29, 0.717) is 31.2 Å². The van der Waals surface area contributed by atoms with Crippen LogP contribution >= 0.6 is 0 Å². The van der Waals surface area contributed by atoms with Crippen molar-refractivity contribution in [1.29, 1.82) is 0 Å². The molecule has 3 rings (SSSR count). The van der Waals surface area contributed by atoms with Crippen molar-refractivity contribution in [2.75, 3.05) is 40.5 Å². The number of methoxy groups -OCH3 is 2. The molecular weight excluding hydrogens is 424 g/mol. The van der Waals surface area contributed by atoms with Crippen molar-refractivity contribution in [1.82, 2.24) is 19.8 Å². The van der Waals surface area contributed by atoms with Crippen LogP contribution in [0.2, 0.25) is 0 Å². The summed E-state index contributed by atoms with van der Waals surface area (Å²) < 4.78 is 9.94. The Kier molecular flexibility index (Phi) is 7.75. The lowest BCUT2D eigenvalue weighted by Crippen LogP contribution is -2.56. The molecule has 33 heavy (non-hydrogen) atoms. The van der Waals surface area contributed by atoms with Crippen molar-refractivity contribution in [2.45, 2.75) is 32.7 Å². The number of amides is 2. The molecule has 0 spiro atoms. The van der Waals surface area contributed by atoms with Crippen molar-refractivity contribution in [3.63, 3.8) is 0 Å². The molecule has 1 aliphatic rings. The number of carbonyl (C=O) groups is 3. The van der Waals surface area contributed by atoms with E-state index >= 15 is 0 Å². The highest BCUT2D eigenvalue weighted by molar-refractivity contribution is 6.05. The fourth-order valence-electron chi connectivity index (χ4n) is 3.94. The van der Waals surface area contributed by atoms with Gasteiger partial charge in [0.15, 0.2) is 5.82 Å². The smallest absolute Gasteiger partial charge is 0.342 e. The first-order chi connectivity index (χ1) is 15.8. The number of rotatable bonds is 6. The van der Waals surface area contributed by atoms with Crippen LogP contribution in [0.15, 0.2) is 30.3 Å². The molecule has 1 aliphatic heterocycles. The number of benzene rings is 1. The molecule has 1 unspecified atom stereocenters. The summed E-state index contributed by atoms with van der Waals surface area (Å²) in [6.07, 6.45) is 0. The number of piperazine rings is 1. The summed E-state index contributed by atoms with van der Waals surface area (Å²) in [5.74, 6) is -0.926. The monoisotopic (exact) mass is 454 g/mol. The molecule has 1 fully saturated rings. The van der Waals surface area contributed by atoms with E-state index in [-0.39, 0.29) is 41.6 Å². The molecule has 9 nitrogen and oxygen atoms in total. The quantitative estimate of drug-likeness (QED) is 0.618. The number of aromatic nitrogens is 2. The molecule has 0 N–H and O–H groups in total. The summed E-state index contributed by atoms with van der Waals surface area (Å²) in [5.41, 5.74) is 1.31. The van der Waals surface area contributed by atoms with Gasteiger partial charge in [0.25, 0.3) is 5.91 Å². The number of ether oxygens (including phenoxy) is 2. The highest BCUT2D eigenvalue weighted by atomic mass is 16.5. The summed E-state index contributed by atoms with van der Waals surface area (Å²) >= 11 is 0. The molecular formula is C24H30N4O5. The zero-order valence-electron chi connectivity index (χ0n) is 19.7. The van der Waals surface area contributed by atoms with E-state index in [0.717, 1.165) is 5.56 Å². The van der Waals surface area contributed by atoms with Gasteiger partial charge in [0, 0.05) is 38.3 Å². The molecule has 2 aromatic rings. The first-order valence-corrected chi connectivity index (χ1v) is 10.9. The number of hydrogen-bond donors (Lipinski definition) is 0. The van der Waals surface area contributed by atoms with Gasteiger partial charge in [-0.05, 0) is 12.8 Å². The SMILES string of the molecule is COCC(=O)N1CCN(C(=O)c2nc(-c3ccccc3)nc(C(C)C)c2C(=O)OC)CC1C. The standard InChI is InChI=1S/C24H30N4O5/c1-15(2)20-19(24(31)33-5)21(26-22(25-20)17-9-7-6-8-10-17)23(30)27-11-12-28(16(3)13-27)18(29)14-32-4/h6-10,15-16H,11-14H2,1-5H3. The summed E-state index contributed by atoms with van der Waals surface area (Å²) in [7, 11) is 2.75. The minimum atomic E-state index is -0.649. The normalized spacial score (nSPS) is 16.1. The summed E-state index contributed by atoms with van der Waals surface area (Å²) in [4.78, 5) is 51.1. The molecule has 2 amide bonds. The van der Waals surface area contributed by atoms with Crippen LogP contribution in [0.25, 0.3) is 11.4 Å². The fourth-order valence-corrected chi connectivity index (χ4v) is 3.94. The Bertz CT molecular complexity index is 1030. The van der Waals surface area contributed by atoms with Crippen LogP contribution in [0, 0.1) is 0 Å². The van der Waals surface area contributed by atoms with Crippen LogP contribution in [0.3, 0.4) is 0 Å². The maximum absolute atomic E-state index is 13.6. The van der Waals surface area contributed by atoms with Crippen LogP contribution in [-0.2, 0) is 14.3 Å². The number of carbonyl (C=O) groups excluding carboxylic acids is 3. The molecule has 1 aromatic heterocycles. The first-order valence-electron chi connectivity index (χ1n) is 10.9. The average molecular weight is 455 g/mol. The van der Waals surface area contributed by atoms with Crippen LogP contribution in [0.4, 0.5) is 0 Å². The third-order valence-electron chi connectivity index (χ3n) is 5.61. The second kappa shape index (κ2) is 10.5. The van der Waals surface area contributed by atoms with Crippen LogP contribution in [-0.4, -0.2) is 84.1 Å². The molecule has 2 heterocycles. The van der Waals surface area contributed by atoms with Crippen LogP contribution < -0.4 is 0 Å². The largest absolute Gasteiger partial charge is 0.465 e. The van der Waals surface area contributed by atoms with E-state index < -0.39 is 5.97 Å². The average Bonchev–Trinajstić information content (AvgIpc) is 2.82. The van der Waals surface area contributed by atoms with Crippen LogP contribution in [0.1, 0.15) is 53.2 Å². The lowest BCUT2D eigenvalue weighted by atomic mass is 10.00. The van der Waals surface area contributed by atoms with Gasteiger partial charge < -0.3 is 19.3 Å². The highest BCUT2D eigenvalue weighted by Crippen LogP contribution is 2.26. The van der Waals surface area contributed by atoms with Crippen LogP contribution in [0.5, 0.6) is 0 Å². The number of esters is 1. The maximum Gasteiger partial charge on any atom is 0.342 e. The third kappa shape index (κ3) is 5.19. The molecule has 0 radical (unpaired) electrons. The molecule has 0 saturated carbocycles. The molecule has 1 aromatic carbocycles. The Labute approximate surface area is 193 Å². The summed E-state index contributed by atoms with van der Waals surface area (Å²) in [6.45, 7) is 6.69. The predicted molar refractivity (Wildman–Crippen MR) is 122 cm³/mol. The third-order valence-corrected chi connectivity index (χ3v) is 5.61. The topological polar surface area (TPSA) is 102 Å². The molecule has 1 saturated heterocycles. The van der Waals surface area contributed by atoms with Crippen molar-refractivity contribution >= 4 is 17.8 Å². The minimum Gasteiger partial charge on any atom is -0.465 e. The van der Waals surface area contributed by atoms with Gasteiger partial charge in [0.05, 0.1) is 12.8 Å². The maximum atomic E-state index is 13.6. The summed E-state index contributed by atoms with van der Waals surface area (Å²) in [6, 6.07) is 9.12. The fraction of sp³-hybridized carbons (Fsp3) is 0.458. The Hall–Kier alpha value is -3.33. The predicted octanol–water partition coefficient (Wildman–Crippen LogP) is 2.37. The van der Waals surface area contributed by atoms with E-state index in [4.69, 9.17) is 9.47 Å². The lowest BCUT2D eigenvalue weighted by Gasteiger charge is -2.39. The molecule has 9 heteroatoms. The molecule has 176 valence electrons. The Morgan fingerprint density at radius 2 is 1.79 bits per heavy atom. The van der Waals surface area contributed by atoms with Gasteiger partial charge in [-0.1, -0.05) is 44.2 Å². The summed E-state index contributed by atoms with van der Waals surface area (Å²) in [5, 5.41) is 0. The number of nitrogens with zero attached hydrogens (tertiary/aromatic N) is 4. The Morgan fingerprint density at radius 3 is 2.36 bits per heavy atom. The zero-order valence-corrected chi connectivity index (χ0v) is 19.7. The van der Waals surface area contributed by atoms with Gasteiger partial charge in [0.2, 0.25) is 5.91 Å². The van der Waals surface area contributed by atoms with Crippen molar-refractivity contribution in [3.05, 3.63) is 47.3 Å². The molecule has 0 aliphatic carbocycles. The van der Waals surface area contributed by atoms with Crippen molar-refractivity contribution in [2.24, 2.45) is 0 Å². The minimum absolute atomic E-state index is 0.00509. The Balaban J connectivity index is 2.03. The number of hydrogen-bond acceptors (Lipinski definition) is 7. The van der Waals surface area contributed by atoms with E-state index in [1.54, 1.807) is 9.80 Å². The van der Waals surface area contributed by atoms with E-state index in [1.807, 2.05) is 51.1 Å². The van der Waals surface area contributed by atoms with E-state index in [1.165, 1.54) is 14.2 Å². The second-order valence-electron chi connectivity index (χ2n) is 8.29. The van der Waals surface area contributed by atoms with Gasteiger partial charge in [-0.25, -0.2) is 14.8 Å². The van der Waals surface area contributed by atoms with Gasteiger partial charge in [-0.15, -0.1) is 0 Å². The second-order valence-corrected chi connectivity index (χ2v) is 8.29. The van der Waals surface area contributed by atoms with E-state index in [2.05, 4.69) is 9.97 Å². The highest BCUT2D eigenvalue weighted by Gasteiger charge is 2.34. The van der Waals surface area contributed by atoms with Gasteiger partial charge >= 0.3 is 5.97 Å². The first kappa shape index (κ1) is 24.3.